The Morgan fingerprint density at radius 1 is 1.29 bits per heavy atom. The maximum Gasteiger partial charge on any atom is 0.501 e. The number of imide groups is 1. The lowest BCUT2D eigenvalue weighted by molar-refractivity contribution is -0.456. The van der Waals surface area contributed by atoms with Crippen molar-refractivity contribution >= 4 is 39.0 Å². The van der Waals surface area contributed by atoms with Crippen LogP contribution in [0.5, 0.6) is 0 Å². The number of halogens is 1. The Morgan fingerprint density at radius 2 is 2.06 bits per heavy atom. The molecule has 184 valence electrons. The number of amides is 3. The smallest absolute Gasteiger partial charge is 0.275 e. The Hall–Kier alpha value is -3.03. The number of urea groups is 1. The van der Waals surface area contributed by atoms with Gasteiger partial charge in [-0.25, -0.2) is 27.3 Å². The predicted molar refractivity (Wildman–Crippen MR) is 126 cm³/mol. The fourth-order valence-electron chi connectivity index (χ4n) is 4.16. The third-order valence-electron chi connectivity index (χ3n) is 6.23. The number of aryl methyl sites for hydroxylation is 2. The Bertz CT molecular complexity index is 1420. The summed E-state index contributed by atoms with van der Waals surface area (Å²) in [6.45, 7) is 1.25. The van der Waals surface area contributed by atoms with E-state index in [1.54, 1.807) is 30.3 Å². The number of hydrogen-bond acceptors (Lipinski definition) is 7. The molecule has 0 spiro atoms. The molecule has 3 heterocycles. The monoisotopic (exact) mass is 519 g/mol. The number of rotatable bonds is 8. The van der Waals surface area contributed by atoms with Gasteiger partial charge in [0, 0.05) is 25.0 Å². The molecule has 1 unspecified atom stereocenters. The Balaban J connectivity index is 1.53. The molecule has 35 heavy (non-hydrogen) atoms. The first-order valence-electron chi connectivity index (χ1n) is 11.0. The molecule has 1 N–H and O–H groups in total. The third-order valence-corrected chi connectivity index (χ3v) is 8.72. The Morgan fingerprint density at radius 3 is 2.66 bits per heavy atom. The molecule has 3 aliphatic rings. The molecule has 2 aromatic heterocycles. The zero-order chi connectivity index (χ0) is 25.0. The van der Waals surface area contributed by atoms with Gasteiger partial charge in [-0.15, -0.1) is 11.3 Å². The van der Waals surface area contributed by atoms with Gasteiger partial charge in [-0.1, -0.05) is 0 Å². The van der Waals surface area contributed by atoms with Crippen LogP contribution >= 0.6 is 11.3 Å². The lowest BCUT2D eigenvalue weighted by atomic mass is 9.94. The van der Waals surface area contributed by atoms with Gasteiger partial charge >= 0.3 is 11.9 Å². The number of carbonyl (C=O) groups is 2. The van der Waals surface area contributed by atoms with Crippen LogP contribution in [0.1, 0.15) is 28.3 Å². The fourth-order valence-corrected chi connectivity index (χ4v) is 6.46. The van der Waals surface area contributed by atoms with E-state index in [-0.39, 0.29) is 18.0 Å². The number of nitrogens with zero attached hydrogens (tertiary/aromatic N) is 5. The normalized spacial score (nSPS) is 21.4. The van der Waals surface area contributed by atoms with Crippen LogP contribution in [0, 0.1) is 12.8 Å². The molecule has 10 nitrogen and oxygen atoms in total. The standard InChI is InChI=1S/C22H24FN6O4S2/c1-14-24-9-16(34-14)12-28-19-4-3-17(35(32,33)26-22(13-23)5-6-22)7-18(19)20(30)29(21(28)31)11-15-8-25-27(2)10-15/h3-4,7-10,18,26H,5-6,11-13H2,1-2H3/q+1. The van der Waals surface area contributed by atoms with E-state index in [9.17, 15) is 22.4 Å². The topological polar surface area (TPSA) is 117 Å². The molecule has 5 rings (SSSR count). The van der Waals surface area contributed by atoms with Crippen molar-refractivity contribution in [2.24, 2.45) is 13.0 Å². The van der Waals surface area contributed by atoms with Crippen molar-refractivity contribution in [3.63, 3.8) is 0 Å². The van der Waals surface area contributed by atoms with Gasteiger partial charge < -0.3 is 0 Å². The Kier molecular flexibility index (Phi) is 5.80. The van der Waals surface area contributed by atoms with E-state index < -0.39 is 40.1 Å². The van der Waals surface area contributed by atoms with E-state index in [0.717, 1.165) is 14.8 Å². The van der Waals surface area contributed by atoms with Crippen LogP contribution in [0.4, 0.5) is 9.18 Å². The molecule has 0 radical (unpaired) electrons. The van der Waals surface area contributed by atoms with Gasteiger partial charge in [0.25, 0.3) is 0 Å². The van der Waals surface area contributed by atoms with E-state index in [1.807, 2.05) is 6.92 Å². The number of aromatic nitrogens is 3. The molecule has 1 fully saturated rings. The molecule has 0 bridgehead atoms. The maximum atomic E-state index is 13.5. The first-order valence-corrected chi connectivity index (χ1v) is 13.3. The fraction of sp³-hybridized carbons (Fsp3) is 0.409. The van der Waals surface area contributed by atoms with E-state index >= 15 is 0 Å². The SMILES string of the molecule is Cc1ncc(C[N+]2=C3C=CC(S(=O)(=O)NC4(CF)CC4)=CC3C(=O)N(Cc3cnn(C)c3)C2=O)s1. The van der Waals surface area contributed by atoms with Crippen LogP contribution < -0.4 is 4.72 Å². The molecular formula is C22H24FN6O4S2+. The van der Waals surface area contributed by atoms with Crippen molar-refractivity contribution < 1.29 is 27.0 Å². The quantitative estimate of drug-likeness (QED) is 0.532. The van der Waals surface area contributed by atoms with Crippen LogP contribution in [-0.4, -0.2) is 62.5 Å². The minimum Gasteiger partial charge on any atom is -0.275 e. The predicted octanol–water partition coefficient (Wildman–Crippen LogP) is 1.79. The lowest BCUT2D eigenvalue weighted by Crippen LogP contribution is -2.54. The minimum absolute atomic E-state index is 0.00362. The second-order valence-corrected chi connectivity index (χ2v) is 12.0. The molecule has 2 aromatic rings. The number of fused-ring (bicyclic) bond motifs is 1. The summed E-state index contributed by atoms with van der Waals surface area (Å²) in [5.41, 5.74) is -0.0133. The summed E-state index contributed by atoms with van der Waals surface area (Å²) in [5.74, 6) is -1.52. The zero-order valence-electron chi connectivity index (χ0n) is 19.1. The molecule has 0 saturated heterocycles. The van der Waals surface area contributed by atoms with Gasteiger partial charge in [-0.3, -0.25) is 4.68 Å². The average molecular weight is 520 g/mol. The number of carbonyl (C=O) groups excluding carboxylic acids is 2. The van der Waals surface area contributed by atoms with E-state index in [2.05, 4.69) is 14.8 Å². The largest absolute Gasteiger partial charge is 0.501 e. The molecule has 0 aromatic carbocycles. The third kappa shape index (κ3) is 4.50. The average Bonchev–Trinajstić information content (AvgIpc) is 3.26. The lowest BCUT2D eigenvalue weighted by Gasteiger charge is -2.27. The summed E-state index contributed by atoms with van der Waals surface area (Å²) in [6, 6.07) is -0.506. The first-order chi connectivity index (χ1) is 16.6. The van der Waals surface area contributed by atoms with E-state index in [4.69, 9.17) is 0 Å². The first kappa shape index (κ1) is 23.7. The highest BCUT2D eigenvalue weighted by molar-refractivity contribution is 7.93. The second-order valence-electron chi connectivity index (χ2n) is 8.99. The van der Waals surface area contributed by atoms with Crippen molar-refractivity contribution in [2.75, 3.05) is 6.67 Å². The summed E-state index contributed by atoms with van der Waals surface area (Å²) in [5, 5.41) is 4.94. The molecule has 2 aliphatic carbocycles. The van der Waals surface area contributed by atoms with E-state index in [0.29, 0.717) is 24.1 Å². The number of allylic oxidation sites excluding steroid dienone is 2. The van der Waals surface area contributed by atoms with E-state index in [1.165, 1.54) is 34.1 Å². The van der Waals surface area contributed by atoms with Crippen LogP contribution in [-0.2, 0) is 35.0 Å². The highest BCUT2D eigenvalue weighted by Gasteiger charge is 2.50. The number of hydrogen-bond donors (Lipinski definition) is 1. The maximum absolute atomic E-state index is 13.5. The van der Waals surface area contributed by atoms with Crippen LogP contribution in [0.25, 0.3) is 0 Å². The van der Waals surface area contributed by atoms with Crippen LogP contribution in [0.15, 0.2) is 41.7 Å². The molecule has 1 aliphatic heterocycles. The van der Waals surface area contributed by atoms with Crippen molar-refractivity contribution in [1.82, 2.24) is 24.4 Å². The molecular weight excluding hydrogens is 495 g/mol. The highest BCUT2D eigenvalue weighted by atomic mass is 32.2. The summed E-state index contributed by atoms with van der Waals surface area (Å²) in [7, 11) is -2.32. The molecule has 1 atom stereocenters. The number of sulfonamides is 1. The van der Waals surface area contributed by atoms with Gasteiger partial charge in [0.2, 0.25) is 10.0 Å². The van der Waals surface area contributed by atoms with Gasteiger partial charge in [0.15, 0.2) is 0 Å². The molecule has 3 amide bonds. The van der Waals surface area contributed by atoms with Crippen molar-refractivity contribution in [3.05, 3.63) is 57.2 Å². The number of nitrogens with one attached hydrogen (secondary N) is 1. The van der Waals surface area contributed by atoms with Gasteiger partial charge in [-0.2, -0.15) is 19.4 Å². The summed E-state index contributed by atoms with van der Waals surface area (Å²) in [6.07, 6.45) is 9.98. The minimum atomic E-state index is -4.05. The number of thiazole rings is 1. The second kappa shape index (κ2) is 8.57. The van der Waals surface area contributed by atoms with Gasteiger partial charge in [-0.05, 0) is 38.0 Å². The highest BCUT2D eigenvalue weighted by Crippen LogP contribution is 2.38. The molecule has 13 heteroatoms. The zero-order valence-corrected chi connectivity index (χ0v) is 20.8. The van der Waals surface area contributed by atoms with Gasteiger partial charge in [0.1, 0.15) is 31.4 Å². The Labute approximate surface area is 205 Å². The summed E-state index contributed by atoms with van der Waals surface area (Å²) < 4.78 is 44.8. The van der Waals surface area contributed by atoms with Crippen LogP contribution in [0.3, 0.4) is 0 Å². The molecule has 1 saturated carbocycles. The van der Waals surface area contributed by atoms with Crippen molar-refractivity contribution in [1.29, 1.82) is 0 Å². The van der Waals surface area contributed by atoms with Crippen molar-refractivity contribution in [2.45, 2.75) is 38.4 Å². The van der Waals surface area contributed by atoms with Crippen LogP contribution in [0.2, 0.25) is 0 Å². The summed E-state index contributed by atoms with van der Waals surface area (Å²) >= 11 is 1.44. The number of alkyl halides is 1. The van der Waals surface area contributed by atoms with Gasteiger partial charge in [0.05, 0.1) is 26.5 Å². The van der Waals surface area contributed by atoms with Crippen molar-refractivity contribution in [3.8, 4) is 0 Å². The summed E-state index contributed by atoms with van der Waals surface area (Å²) in [4.78, 5) is 33.0.